The summed E-state index contributed by atoms with van der Waals surface area (Å²) in [5.41, 5.74) is 1.33. The molecular formula is C25H24N2O6. The SMILES string of the molecule is CC(=O)c1cccc(NC(=O)COC(=O)c2cccc(N3C(=O)[C@@H]4CCCC[C@H]4C3=O)c2)c1. The monoisotopic (exact) mass is 448 g/mol. The number of esters is 1. The molecule has 2 atom stereocenters. The van der Waals surface area contributed by atoms with Gasteiger partial charge in [0.05, 0.1) is 23.1 Å². The molecule has 2 aromatic rings. The van der Waals surface area contributed by atoms with E-state index in [1.54, 1.807) is 30.3 Å². The van der Waals surface area contributed by atoms with Gasteiger partial charge < -0.3 is 10.1 Å². The van der Waals surface area contributed by atoms with Crippen molar-refractivity contribution >= 4 is 40.8 Å². The number of Topliss-reactive ketones (excluding diaryl/α,β-unsaturated/α-hetero) is 1. The third-order valence-electron chi connectivity index (χ3n) is 6.07. The predicted molar refractivity (Wildman–Crippen MR) is 120 cm³/mol. The zero-order chi connectivity index (χ0) is 23.5. The Hall–Kier alpha value is -3.81. The average molecular weight is 448 g/mol. The number of hydrogen-bond acceptors (Lipinski definition) is 6. The Balaban J connectivity index is 1.39. The predicted octanol–water partition coefficient (Wildman–Crippen LogP) is 3.36. The number of nitrogens with one attached hydrogen (secondary N) is 1. The fraction of sp³-hybridized carbons (Fsp3) is 0.320. The molecule has 8 nitrogen and oxygen atoms in total. The lowest BCUT2D eigenvalue weighted by molar-refractivity contribution is -0.122. The second-order valence-electron chi connectivity index (χ2n) is 8.32. The van der Waals surface area contributed by atoms with Gasteiger partial charge in [-0.1, -0.05) is 31.0 Å². The summed E-state index contributed by atoms with van der Waals surface area (Å²) in [6, 6.07) is 12.5. The molecule has 0 aromatic heterocycles. The zero-order valence-electron chi connectivity index (χ0n) is 18.2. The van der Waals surface area contributed by atoms with Crippen molar-refractivity contribution in [3.63, 3.8) is 0 Å². The minimum absolute atomic E-state index is 0.133. The summed E-state index contributed by atoms with van der Waals surface area (Å²) in [6.45, 7) is 0.896. The highest BCUT2D eigenvalue weighted by Crippen LogP contribution is 2.40. The van der Waals surface area contributed by atoms with Crippen LogP contribution in [0.15, 0.2) is 48.5 Å². The molecule has 1 aliphatic heterocycles. The van der Waals surface area contributed by atoms with Gasteiger partial charge in [0.1, 0.15) is 0 Å². The number of ether oxygens (including phenoxy) is 1. The summed E-state index contributed by atoms with van der Waals surface area (Å²) in [4.78, 5) is 62.9. The molecule has 2 fully saturated rings. The maximum atomic E-state index is 12.8. The van der Waals surface area contributed by atoms with E-state index in [-0.39, 0.29) is 35.0 Å². The molecule has 1 aliphatic carbocycles. The van der Waals surface area contributed by atoms with E-state index in [0.717, 1.165) is 12.8 Å². The number of fused-ring (bicyclic) bond motifs is 1. The first kappa shape index (κ1) is 22.4. The molecule has 0 radical (unpaired) electrons. The van der Waals surface area contributed by atoms with Gasteiger partial charge in [0.25, 0.3) is 5.91 Å². The summed E-state index contributed by atoms with van der Waals surface area (Å²) in [7, 11) is 0. The van der Waals surface area contributed by atoms with Crippen LogP contribution in [0.3, 0.4) is 0 Å². The molecule has 4 rings (SSSR count). The van der Waals surface area contributed by atoms with Crippen LogP contribution in [0, 0.1) is 11.8 Å². The van der Waals surface area contributed by atoms with Crippen LogP contribution in [-0.4, -0.2) is 36.1 Å². The highest BCUT2D eigenvalue weighted by atomic mass is 16.5. The van der Waals surface area contributed by atoms with Crippen molar-refractivity contribution in [1.29, 1.82) is 0 Å². The van der Waals surface area contributed by atoms with Gasteiger partial charge in [0.15, 0.2) is 12.4 Å². The molecule has 3 amide bonds. The molecule has 2 aromatic carbocycles. The smallest absolute Gasteiger partial charge is 0.338 e. The van der Waals surface area contributed by atoms with Crippen LogP contribution in [0.4, 0.5) is 11.4 Å². The lowest BCUT2D eigenvalue weighted by Gasteiger charge is -2.19. The quantitative estimate of drug-likeness (QED) is 0.412. The van der Waals surface area contributed by atoms with Crippen molar-refractivity contribution in [2.24, 2.45) is 11.8 Å². The second kappa shape index (κ2) is 9.36. The first-order valence-corrected chi connectivity index (χ1v) is 10.9. The Morgan fingerprint density at radius 1 is 0.939 bits per heavy atom. The van der Waals surface area contributed by atoms with E-state index in [9.17, 15) is 24.0 Å². The van der Waals surface area contributed by atoms with Gasteiger partial charge in [-0.15, -0.1) is 0 Å². The third kappa shape index (κ3) is 4.69. The summed E-state index contributed by atoms with van der Waals surface area (Å²) in [5, 5.41) is 2.57. The molecule has 8 heteroatoms. The van der Waals surface area contributed by atoms with Gasteiger partial charge in [-0.25, -0.2) is 4.79 Å². The minimum atomic E-state index is -0.749. The fourth-order valence-corrected chi connectivity index (χ4v) is 4.42. The third-order valence-corrected chi connectivity index (χ3v) is 6.07. The number of carbonyl (C=O) groups excluding carboxylic acids is 5. The topological polar surface area (TPSA) is 110 Å². The van der Waals surface area contributed by atoms with Crippen LogP contribution < -0.4 is 10.2 Å². The maximum absolute atomic E-state index is 12.8. The van der Waals surface area contributed by atoms with E-state index in [1.165, 1.54) is 30.0 Å². The largest absolute Gasteiger partial charge is 0.452 e. The summed E-state index contributed by atoms with van der Waals surface area (Å²) >= 11 is 0. The molecule has 1 N–H and O–H groups in total. The summed E-state index contributed by atoms with van der Waals surface area (Å²) < 4.78 is 5.10. The number of nitrogens with zero attached hydrogens (tertiary/aromatic N) is 1. The van der Waals surface area contributed by atoms with Gasteiger partial charge in [-0.3, -0.25) is 24.1 Å². The van der Waals surface area contributed by atoms with E-state index in [2.05, 4.69) is 5.32 Å². The normalized spacial score (nSPS) is 19.7. The number of ketones is 1. The molecule has 1 heterocycles. The molecular weight excluding hydrogens is 424 g/mol. The molecule has 170 valence electrons. The first-order valence-electron chi connectivity index (χ1n) is 10.9. The van der Waals surface area contributed by atoms with E-state index in [1.807, 2.05) is 0 Å². The van der Waals surface area contributed by atoms with Crippen LogP contribution in [0.1, 0.15) is 53.3 Å². The van der Waals surface area contributed by atoms with Crippen molar-refractivity contribution in [2.45, 2.75) is 32.6 Å². The second-order valence-corrected chi connectivity index (χ2v) is 8.32. The fourth-order valence-electron chi connectivity index (χ4n) is 4.42. The first-order chi connectivity index (χ1) is 15.8. The number of carbonyl (C=O) groups is 5. The number of imide groups is 1. The number of rotatable bonds is 6. The Bertz CT molecular complexity index is 1120. The van der Waals surface area contributed by atoms with E-state index >= 15 is 0 Å². The van der Waals surface area contributed by atoms with Crippen molar-refractivity contribution in [2.75, 3.05) is 16.8 Å². The number of amides is 3. The molecule has 0 bridgehead atoms. The highest BCUT2D eigenvalue weighted by molar-refractivity contribution is 6.22. The van der Waals surface area contributed by atoms with Crippen molar-refractivity contribution < 1.29 is 28.7 Å². The average Bonchev–Trinajstić information content (AvgIpc) is 3.08. The van der Waals surface area contributed by atoms with E-state index in [0.29, 0.717) is 29.8 Å². The Morgan fingerprint density at radius 2 is 1.58 bits per heavy atom. The van der Waals surface area contributed by atoms with Crippen molar-refractivity contribution in [1.82, 2.24) is 0 Å². The molecule has 0 spiro atoms. The lowest BCUT2D eigenvalue weighted by Crippen LogP contribution is -2.31. The van der Waals surface area contributed by atoms with Gasteiger partial charge >= 0.3 is 5.97 Å². The van der Waals surface area contributed by atoms with Gasteiger partial charge in [-0.05, 0) is 50.1 Å². The summed E-state index contributed by atoms with van der Waals surface area (Å²) in [6.07, 6.45) is 3.28. The van der Waals surface area contributed by atoms with Gasteiger partial charge in [0, 0.05) is 11.3 Å². The summed E-state index contributed by atoms with van der Waals surface area (Å²) in [5.74, 6) is -2.45. The number of benzene rings is 2. The Kier molecular flexibility index (Phi) is 6.35. The zero-order valence-corrected chi connectivity index (χ0v) is 18.2. The molecule has 1 saturated heterocycles. The van der Waals surface area contributed by atoms with E-state index in [4.69, 9.17) is 4.74 Å². The molecule has 1 saturated carbocycles. The Labute approximate surface area is 190 Å². The van der Waals surface area contributed by atoms with Crippen LogP contribution >= 0.6 is 0 Å². The number of hydrogen-bond donors (Lipinski definition) is 1. The van der Waals surface area contributed by atoms with Gasteiger partial charge in [-0.2, -0.15) is 0 Å². The van der Waals surface area contributed by atoms with Crippen LogP contribution in [0.25, 0.3) is 0 Å². The van der Waals surface area contributed by atoms with Crippen molar-refractivity contribution in [3.05, 3.63) is 59.7 Å². The number of anilines is 2. The van der Waals surface area contributed by atoms with Crippen LogP contribution in [-0.2, 0) is 19.1 Å². The molecule has 0 unspecified atom stereocenters. The van der Waals surface area contributed by atoms with Gasteiger partial charge in [0.2, 0.25) is 11.8 Å². The lowest BCUT2D eigenvalue weighted by atomic mass is 9.81. The van der Waals surface area contributed by atoms with Crippen LogP contribution in [0.5, 0.6) is 0 Å². The van der Waals surface area contributed by atoms with E-state index < -0.39 is 18.5 Å². The maximum Gasteiger partial charge on any atom is 0.338 e. The molecule has 33 heavy (non-hydrogen) atoms. The molecule has 2 aliphatic rings. The Morgan fingerprint density at radius 3 is 2.24 bits per heavy atom. The highest BCUT2D eigenvalue weighted by Gasteiger charge is 2.48. The van der Waals surface area contributed by atoms with Crippen LogP contribution in [0.2, 0.25) is 0 Å². The standard InChI is InChI=1S/C25H24N2O6/c1-15(28)16-6-4-8-18(12-16)26-22(29)14-33-25(32)17-7-5-9-19(13-17)27-23(30)20-10-2-3-11-21(20)24(27)31/h4-9,12-13,20-21H,2-3,10-11,14H2,1H3,(H,26,29)/t20-,21-/m1/s1. The minimum Gasteiger partial charge on any atom is -0.452 e. The van der Waals surface area contributed by atoms with Crippen molar-refractivity contribution in [3.8, 4) is 0 Å².